The molecule has 0 bridgehead atoms. The first-order valence-electron chi connectivity index (χ1n) is 10.7. The number of nitrogens with one attached hydrogen (secondary N) is 1. The minimum atomic E-state index is -4.50. The largest absolute Gasteiger partial charge is 0.457 e. The number of halogens is 3. The third kappa shape index (κ3) is 5.95. The van der Waals surface area contributed by atoms with Crippen molar-refractivity contribution in [1.29, 1.82) is 0 Å². The van der Waals surface area contributed by atoms with Gasteiger partial charge in [-0.2, -0.15) is 13.2 Å². The molecule has 35 heavy (non-hydrogen) atoms. The van der Waals surface area contributed by atoms with Crippen LogP contribution in [0.1, 0.15) is 31.8 Å². The fourth-order valence-corrected chi connectivity index (χ4v) is 3.52. The second-order valence-electron chi connectivity index (χ2n) is 7.71. The van der Waals surface area contributed by atoms with E-state index in [-0.39, 0.29) is 28.8 Å². The van der Waals surface area contributed by atoms with Crippen LogP contribution in [0.25, 0.3) is 0 Å². The van der Waals surface area contributed by atoms with Crippen LogP contribution in [0.3, 0.4) is 0 Å². The summed E-state index contributed by atoms with van der Waals surface area (Å²) in [5, 5.41) is 2.74. The van der Waals surface area contributed by atoms with E-state index in [1.807, 2.05) is 18.2 Å². The number of carbonyl (C=O) groups is 2. The Labute approximate surface area is 200 Å². The Kier molecular flexibility index (Phi) is 6.96. The number of rotatable bonds is 7. The third-order valence-corrected chi connectivity index (χ3v) is 5.20. The number of ether oxygens (including phenoxy) is 1. The van der Waals surface area contributed by atoms with E-state index >= 15 is 0 Å². The molecule has 0 aliphatic heterocycles. The van der Waals surface area contributed by atoms with Crippen molar-refractivity contribution in [2.75, 3.05) is 5.32 Å². The standard InChI is InChI=1S/C28H20F3NO3/c29-28(30,31)20-10-8-9-19(17-20)18-25(33)22-13-4-6-15-24(22)32-27(34)23-14-5-7-16-26(23)35-21-11-2-1-3-12-21/h1-17H,18H2,(H,32,34). The second-order valence-corrected chi connectivity index (χ2v) is 7.71. The summed E-state index contributed by atoms with van der Waals surface area (Å²) in [6, 6.07) is 26.7. The first-order valence-corrected chi connectivity index (χ1v) is 10.7. The van der Waals surface area contributed by atoms with Gasteiger partial charge in [-0.1, -0.05) is 60.7 Å². The maximum atomic E-state index is 13.1. The van der Waals surface area contributed by atoms with Gasteiger partial charge in [-0.05, 0) is 48.0 Å². The Hall–Kier alpha value is -4.39. The zero-order valence-electron chi connectivity index (χ0n) is 18.4. The Morgan fingerprint density at radius 3 is 2.14 bits per heavy atom. The highest BCUT2D eigenvalue weighted by Crippen LogP contribution is 2.30. The van der Waals surface area contributed by atoms with Crippen LogP contribution in [-0.4, -0.2) is 11.7 Å². The van der Waals surface area contributed by atoms with E-state index in [1.54, 1.807) is 54.6 Å². The molecule has 0 heterocycles. The van der Waals surface area contributed by atoms with Gasteiger partial charge in [0, 0.05) is 12.0 Å². The maximum Gasteiger partial charge on any atom is 0.416 e. The molecule has 0 saturated heterocycles. The first-order chi connectivity index (χ1) is 16.8. The Morgan fingerprint density at radius 2 is 1.40 bits per heavy atom. The first kappa shape index (κ1) is 23.8. The SMILES string of the molecule is O=C(Cc1cccc(C(F)(F)F)c1)c1ccccc1NC(=O)c1ccccc1Oc1ccccc1. The van der Waals surface area contributed by atoms with Crippen molar-refractivity contribution in [2.24, 2.45) is 0 Å². The summed E-state index contributed by atoms with van der Waals surface area (Å²) in [4.78, 5) is 26.1. The lowest BCUT2D eigenvalue weighted by atomic mass is 10.00. The highest BCUT2D eigenvalue weighted by Gasteiger charge is 2.30. The Bertz CT molecular complexity index is 1350. The van der Waals surface area contributed by atoms with Crippen molar-refractivity contribution in [3.8, 4) is 11.5 Å². The molecule has 0 aliphatic carbocycles. The molecule has 0 radical (unpaired) electrons. The summed E-state index contributed by atoms with van der Waals surface area (Å²) in [7, 11) is 0. The number of carbonyl (C=O) groups excluding carboxylic acids is 2. The van der Waals surface area contributed by atoms with Gasteiger partial charge >= 0.3 is 6.18 Å². The van der Waals surface area contributed by atoms with Gasteiger partial charge < -0.3 is 10.1 Å². The van der Waals surface area contributed by atoms with Gasteiger partial charge in [0.25, 0.3) is 5.91 Å². The number of anilines is 1. The molecular formula is C28H20F3NO3. The van der Waals surface area contributed by atoms with Crippen LogP contribution in [0.15, 0.2) is 103 Å². The zero-order chi connectivity index (χ0) is 24.8. The van der Waals surface area contributed by atoms with E-state index in [0.717, 1.165) is 12.1 Å². The third-order valence-electron chi connectivity index (χ3n) is 5.20. The molecule has 1 amide bonds. The van der Waals surface area contributed by atoms with Gasteiger partial charge in [0.1, 0.15) is 11.5 Å². The number of alkyl halides is 3. The molecule has 1 N–H and O–H groups in total. The number of benzene rings is 4. The van der Waals surface area contributed by atoms with Crippen LogP contribution in [0.2, 0.25) is 0 Å². The topological polar surface area (TPSA) is 55.4 Å². The van der Waals surface area contributed by atoms with Crippen LogP contribution in [0.4, 0.5) is 18.9 Å². The lowest BCUT2D eigenvalue weighted by molar-refractivity contribution is -0.137. The lowest BCUT2D eigenvalue weighted by Gasteiger charge is -2.14. The molecule has 0 spiro atoms. The summed E-state index contributed by atoms with van der Waals surface area (Å²) in [6.07, 6.45) is -4.75. The minimum Gasteiger partial charge on any atom is -0.457 e. The van der Waals surface area contributed by atoms with Crippen molar-refractivity contribution in [2.45, 2.75) is 12.6 Å². The number of ketones is 1. The molecule has 0 atom stereocenters. The molecule has 0 unspecified atom stereocenters. The molecule has 4 nitrogen and oxygen atoms in total. The predicted octanol–water partition coefficient (Wildman–Crippen LogP) is 7.18. The van der Waals surface area contributed by atoms with Gasteiger partial charge in [0.05, 0.1) is 16.8 Å². The monoisotopic (exact) mass is 475 g/mol. The van der Waals surface area contributed by atoms with Crippen LogP contribution in [0.5, 0.6) is 11.5 Å². The molecule has 0 saturated carbocycles. The Morgan fingerprint density at radius 1 is 0.743 bits per heavy atom. The fraction of sp³-hybridized carbons (Fsp3) is 0.0714. The van der Waals surface area contributed by atoms with Crippen molar-refractivity contribution in [1.82, 2.24) is 0 Å². The minimum absolute atomic E-state index is 0.194. The summed E-state index contributed by atoms with van der Waals surface area (Å²) >= 11 is 0. The molecule has 7 heteroatoms. The van der Waals surface area contributed by atoms with Crippen LogP contribution in [-0.2, 0) is 12.6 Å². The summed E-state index contributed by atoms with van der Waals surface area (Å²) in [5.41, 5.74) is 0.118. The number of amides is 1. The Balaban J connectivity index is 1.55. The summed E-state index contributed by atoms with van der Waals surface area (Å²) in [6.45, 7) is 0. The molecule has 0 aromatic heterocycles. The van der Waals surface area contributed by atoms with Crippen LogP contribution >= 0.6 is 0 Å². The van der Waals surface area contributed by atoms with Crippen molar-refractivity contribution in [3.63, 3.8) is 0 Å². The molecule has 176 valence electrons. The van der Waals surface area contributed by atoms with E-state index in [1.165, 1.54) is 18.2 Å². The predicted molar refractivity (Wildman–Crippen MR) is 127 cm³/mol. The van der Waals surface area contributed by atoms with E-state index in [2.05, 4.69) is 5.32 Å². The van der Waals surface area contributed by atoms with E-state index in [4.69, 9.17) is 4.74 Å². The fourth-order valence-electron chi connectivity index (χ4n) is 3.52. The molecular weight excluding hydrogens is 455 g/mol. The van der Waals surface area contributed by atoms with Crippen LogP contribution < -0.4 is 10.1 Å². The van der Waals surface area contributed by atoms with E-state index in [9.17, 15) is 22.8 Å². The number of hydrogen-bond acceptors (Lipinski definition) is 3. The normalized spacial score (nSPS) is 11.1. The summed E-state index contributed by atoms with van der Waals surface area (Å²) in [5.74, 6) is -0.0155. The second kappa shape index (κ2) is 10.3. The average Bonchev–Trinajstić information content (AvgIpc) is 2.85. The highest BCUT2D eigenvalue weighted by molar-refractivity contribution is 6.11. The lowest BCUT2D eigenvalue weighted by Crippen LogP contribution is -2.16. The van der Waals surface area contributed by atoms with E-state index < -0.39 is 23.4 Å². The van der Waals surface area contributed by atoms with Crippen molar-refractivity contribution < 1.29 is 27.5 Å². The average molecular weight is 475 g/mol. The quantitative estimate of drug-likeness (QED) is 0.288. The van der Waals surface area contributed by atoms with Crippen LogP contribution in [0, 0.1) is 0 Å². The number of Topliss-reactive ketones (excluding diaryl/α,β-unsaturated/α-hetero) is 1. The maximum absolute atomic E-state index is 13.1. The smallest absolute Gasteiger partial charge is 0.416 e. The van der Waals surface area contributed by atoms with Gasteiger partial charge in [-0.3, -0.25) is 9.59 Å². The number of hydrogen-bond donors (Lipinski definition) is 1. The van der Waals surface area contributed by atoms with Crippen molar-refractivity contribution in [3.05, 3.63) is 125 Å². The highest BCUT2D eigenvalue weighted by atomic mass is 19.4. The van der Waals surface area contributed by atoms with Gasteiger partial charge in [0.2, 0.25) is 0 Å². The van der Waals surface area contributed by atoms with Gasteiger partial charge in [-0.15, -0.1) is 0 Å². The molecule has 0 aliphatic rings. The molecule has 4 rings (SSSR count). The number of para-hydroxylation sites is 3. The summed E-state index contributed by atoms with van der Waals surface area (Å²) < 4.78 is 44.9. The van der Waals surface area contributed by atoms with Gasteiger partial charge in [0.15, 0.2) is 5.78 Å². The van der Waals surface area contributed by atoms with E-state index in [0.29, 0.717) is 11.5 Å². The molecule has 4 aromatic rings. The van der Waals surface area contributed by atoms with Gasteiger partial charge in [-0.25, -0.2) is 0 Å². The molecule has 4 aromatic carbocycles. The zero-order valence-corrected chi connectivity index (χ0v) is 18.4. The molecule has 0 fully saturated rings. The van der Waals surface area contributed by atoms with Crippen molar-refractivity contribution >= 4 is 17.4 Å².